The first kappa shape index (κ1) is 19.1. The fourth-order valence-electron chi connectivity index (χ4n) is 3.69. The van der Waals surface area contributed by atoms with Crippen molar-refractivity contribution in [3.05, 3.63) is 29.8 Å². The van der Waals surface area contributed by atoms with Crippen molar-refractivity contribution in [3.8, 4) is 0 Å². The summed E-state index contributed by atoms with van der Waals surface area (Å²) < 4.78 is 0. The molecule has 0 radical (unpaired) electrons. The molecule has 2 heterocycles. The summed E-state index contributed by atoms with van der Waals surface area (Å²) in [7, 11) is 0. The molecule has 0 atom stereocenters. The van der Waals surface area contributed by atoms with Crippen LogP contribution in [-0.4, -0.2) is 66.6 Å². The molecule has 1 aromatic carbocycles. The van der Waals surface area contributed by atoms with Crippen LogP contribution in [0, 0.1) is 6.92 Å². The molecule has 1 aromatic rings. The highest BCUT2D eigenvalue weighted by Gasteiger charge is 2.26. The monoisotopic (exact) mass is 375 g/mol. The predicted octanol–water partition coefficient (Wildman–Crippen LogP) is 1.29. The average Bonchev–Trinajstić information content (AvgIpc) is 2.94. The van der Waals surface area contributed by atoms with E-state index in [1.807, 2.05) is 0 Å². The van der Waals surface area contributed by atoms with Crippen LogP contribution >= 0.6 is 12.2 Å². The summed E-state index contributed by atoms with van der Waals surface area (Å²) in [5.74, 6) is 0.329. The quantitative estimate of drug-likeness (QED) is 0.782. The molecular weight excluding hydrogens is 344 g/mol. The number of quaternary nitrogens is 1. The van der Waals surface area contributed by atoms with Crippen LogP contribution in [-0.2, 0) is 4.79 Å². The molecule has 0 spiro atoms. The highest BCUT2D eigenvalue weighted by atomic mass is 32.1. The molecular formula is C20H31N4OS+. The lowest BCUT2D eigenvalue weighted by molar-refractivity contribution is -0.896. The fourth-order valence-corrected chi connectivity index (χ4v) is 3.99. The van der Waals surface area contributed by atoms with Crippen molar-refractivity contribution in [1.82, 2.24) is 9.80 Å². The maximum Gasteiger partial charge on any atom is 0.277 e. The van der Waals surface area contributed by atoms with Crippen LogP contribution in [0.3, 0.4) is 0 Å². The molecule has 3 rings (SSSR count). The number of amides is 1. The number of piperazine rings is 1. The second-order valence-electron chi connectivity index (χ2n) is 7.51. The summed E-state index contributed by atoms with van der Waals surface area (Å²) in [6, 6.07) is 8.29. The van der Waals surface area contributed by atoms with Crippen LogP contribution < -0.4 is 10.2 Å². The summed E-state index contributed by atoms with van der Waals surface area (Å²) in [6.45, 7) is 8.35. The Balaban J connectivity index is 1.42. The van der Waals surface area contributed by atoms with Crippen LogP contribution in [0.15, 0.2) is 24.3 Å². The van der Waals surface area contributed by atoms with Gasteiger partial charge in [-0.2, -0.15) is 0 Å². The second kappa shape index (κ2) is 9.33. The molecule has 5 nitrogen and oxygen atoms in total. The fraction of sp³-hybridized carbons (Fsp3) is 0.600. The molecule has 0 bridgehead atoms. The molecule has 0 aromatic heterocycles. The molecule has 6 heteroatoms. The lowest BCUT2D eigenvalue weighted by atomic mass is 10.2. The number of carbonyl (C=O) groups excluding carboxylic acids is 1. The van der Waals surface area contributed by atoms with Crippen molar-refractivity contribution in [2.45, 2.75) is 32.6 Å². The smallest absolute Gasteiger partial charge is 0.277 e. The Hall–Kier alpha value is -1.66. The van der Waals surface area contributed by atoms with E-state index in [1.54, 1.807) is 0 Å². The normalized spacial score (nSPS) is 19.1. The zero-order valence-corrected chi connectivity index (χ0v) is 16.6. The van der Waals surface area contributed by atoms with Crippen molar-refractivity contribution in [1.29, 1.82) is 0 Å². The first-order valence-electron chi connectivity index (χ1n) is 9.86. The molecule has 142 valence electrons. The Bertz CT molecular complexity index is 603. The molecule has 0 unspecified atom stereocenters. The zero-order chi connectivity index (χ0) is 18.4. The largest absolute Gasteiger partial charge is 0.338 e. The summed E-state index contributed by atoms with van der Waals surface area (Å²) in [4.78, 5) is 18.2. The van der Waals surface area contributed by atoms with Gasteiger partial charge >= 0.3 is 0 Å². The van der Waals surface area contributed by atoms with E-state index in [0.29, 0.717) is 12.5 Å². The van der Waals surface area contributed by atoms with Gasteiger partial charge in [0.15, 0.2) is 11.7 Å². The van der Waals surface area contributed by atoms with Crippen molar-refractivity contribution in [2.75, 3.05) is 51.1 Å². The topological polar surface area (TPSA) is 40.0 Å². The zero-order valence-electron chi connectivity index (χ0n) is 15.8. The van der Waals surface area contributed by atoms with E-state index in [-0.39, 0.29) is 0 Å². The van der Waals surface area contributed by atoms with Gasteiger partial charge in [0, 0.05) is 18.8 Å². The molecule has 1 amide bonds. The van der Waals surface area contributed by atoms with Crippen LogP contribution in [0.1, 0.15) is 31.2 Å². The predicted molar refractivity (Wildman–Crippen MR) is 110 cm³/mol. The molecule has 26 heavy (non-hydrogen) atoms. The Morgan fingerprint density at radius 2 is 1.62 bits per heavy atom. The van der Waals surface area contributed by atoms with E-state index in [0.717, 1.165) is 62.9 Å². The third kappa shape index (κ3) is 5.42. The number of likely N-dealkylation sites (tertiary alicyclic amines) is 1. The van der Waals surface area contributed by atoms with E-state index in [4.69, 9.17) is 12.2 Å². The van der Waals surface area contributed by atoms with Gasteiger partial charge in [0.05, 0.1) is 26.2 Å². The number of anilines is 1. The van der Waals surface area contributed by atoms with Gasteiger partial charge in [-0.05, 0) is 44.1 Å². The lowest BCUT2D eigenvalue weighted by Gasteiger charge is -2.34. The first-order chi connectivity index (χ1) is 12.6. The Kier molecular flexibility index (Phi) is 6.86. The number of aryl methyl sites for hydroxylation is 1. The third-order valence-electron chi connectivity index (χ3n) is 5.42. The van der Waals surface area contributed by atoms with Gasteiger partial charge in [-0.1, -0.05) is 30.5 Å². The van der Waals surface area contributed by atoms with Gasteiger partial charge in [0.2, 0.25) is 0 Å². The van der Waals surface area contributed by atoms with Gasteiger partial charge < -0.3 is 20.0 Å². The molecule has 2 aliphatic heterocycles. The maximum atomic E-state index is 12.6. The van der Waals surface area contributed by atoms with Crippen LogP contribution in [0.2, 0.25) is 0 Å². The van der Waals surface area contributed by atoms with Crippen molar-refractivity contribution in [3.63, 3.8) is 0 Å². The number of hydrogen-bond acceptors (Lipinski definition) is 2. The average molecular weight is 376 g/mol. The number of nitrogens with zero attached hydrogens (tertiary/aromatic N) is 2. The number of thiocarbonyl (C=S) groups is 1. The van der Waals surface area contributed by atoms with Gasteiger partial charge in [0.1, 0.15) is 0 Å². The molecule has 2 aliphatic rings. The Morgan fingerprint density at radius 1 is 1.00 bits per heavy atom. The highest BCUT2D eigenvalue weighted by Crippen LogP contribution is 2.10. The summed E-state index contributed by atoms with van der Waals surface area (Å²) in [6.07, 6.45) is 4.85. The van der Waals surface area contributed by atoms with Crippen molar-refractivity contribution >= 4 is 28.9 Å². The number of hydrogen-bond donors (Lipinski definition) is 2. The summed E-state index contributed by atoms with van der Waals surface area (Å²) >= 11 is 5.56. The Labute approximate surface area is 162 Å². The summed E-state index contributed by atoms with van der Waals surface area (Å²) in [5, 5.41) is 4.11. The van der Waals surface area contributed by atoms with E-state index < -0.39 is 0 Å². The third-order valence-corrected chi connectivity index (χ3v) is 5.78. The highest BCUT2D eigenvalue weighted by molar-refractivity contribution is 7.80. The SMILES string of the molecule is Cc1ccc(NC(=S)N2CC[NH+](CC(=O)N3CCCCCC3)CC2)cc1. The van der Waals surface area contributed by atoms with Crippen LogP contribution in [0.25, 0.3) is 0 Å². The van der Waals surface area contributed by atoms with Gasteiger partial charge in [0.25, 0.3) is 5.91 Å². The van der Waals surface area contributed by atoms with Crippen molar-refractivity contribution in [2.24, 2.45) is 0 Å². The minimum atomic E-state index is 0.329. The molecule has 2 saturated heterocycles. The Morgan fingerprint density at radius 3 is 2.23 bits per heavy atom. The summed E-state index contributed by atoms with van der Waals surface area (Å²) in [5.41, 5.74) is 2.28. The lowest BCUT2D eigenvalue weighted by Crippen LogP contribution is -3.15. The number of carbonyl (C=O) groups is 1. The van der Waals surface area contributed by atoms with Crippen LogP contribution in [0.4, 0.5) is 5.69 Å². The maximum absolute atomic E-state index is 12.6. The van der Waals surface area contributed by atoms with E-state index >= 15 is 0 Å². The van der Waals surface area contributed by atoms with Gasteiger partial charge in [-0.25, -0.2) is 0 Å². The van der Waals surface area contributed by atoms with E-state index in [1.165, 1.54) is 23.3 Å². The standard InChI is InChI=1S/C20H30N4OS/c1-17-6-8-18(9-7-17)21-20(26)24-14-12-22(13-15-24)16-19(25)23-10-4-2-3-5-11-23/h6-9H,2-5,10-16H2,1H3,(H,21,26)/p+1. The number of benzene rings is 1. The molecule has 2 N–H and O–H groups in total. The first-order valence-corrected chi connectivity index (χ1v) is 10.3. The molecule has 0 saturated carbocycles. The second-order valence-corrected chi connectivity index (χ2v) is 7.89. The number of nitrogens with one attached hydrogen (secondary N) is 2. The van der Waals surface area contributed by atoms with Gasteiger partial charge in [-0.3, -0.25) is 4.79 Å². The van der Waals surface area contributed by atoms with Gasteiger partial charge in [-0.15, -0.1) is 0 Å². The minimum Gasteiger partial charge on any atom is -0.338 e. The van der Waals surface area contributed by atoms with Crippen LogP contribution in [0.5, 0.6) is 0 Å². The molecule has 2 fully saturated rings. The van der Waals surface area contributed by atoms with E-state index in [9.17, 15) is 4.79 Å². The molecule has 0 aliphatic carbocycles. The number of rotatable bonds is 3. The van der Waals surface area contributed by atoms with E-state index in [2.05, 4.69) is 46.3 Å². The minimum absolute atomic E-state index is 0.329. The van der Waals surface area contributed by atoms with Crippen molar-refractivity contribution < 1.29 is 9.69 Å².